The van der Waals surface area contributed by atoms with Crippen LogP contribution in [-0.2, 0) is 11.2 Å². The zero-order valence-corrected chi connectivity index (χ0v) is 14.3. The van der Waals surface area contributed by atoms with Gasteiger partial charge in [0, 0.05) is 19.5 Å². The Morgan fingerprint density at radius 1 is 0.885 bits per heavy atom. The molecule has 2 aromatic carbocycles. The van der Waals surface area contributed by atoms with Crippen LogP contribution < -0.4 is 4.90 Å². The largest absolute Gasteiger partial charge is 0.378 e. The van der Waals surface area contributed by atoms with Gasteiger partial charge in [0.25, 0.3) is 0 Å². The standard InChI is InChI=1S/C20H19FN4O/c21-17-9-5-4-8-16(17)19-22-18(14-15-6-2-1-3-7-15)23-20(24-19)25-10-12-26-13-11-25/h1-9H,10-14H2. The molecule has 0 saturated carbocycles. The molecule has 1 fully saturated rings. The van der Waals surface area contributed by atoms with Crippen LogP contribution >= 0.6 is 0 Å². The van der Waals surface area contributed by atoms with Crippen LogP contribution in [0.1, 0.15) is 11.4 Å². The molecule has 1 aliphatic heterocycles. The number of nitrogens with zero attached hydrogens (tertiary/aromatic N) is 4. The van der Waals surface area contributed by atoms with Gasteiger partial charge in [-0.2, -0.15) is 9.97 Å². The van der Waals surface area contributed by atoms with Gasteiger partial charge in [-0.25, -0.2) is 9.37 Å². The van der Waals surface area contributed by atoms with Crippen molar-refractivity contribution in [3.63, 3.8) is 0 Å². The number of morpholine rings is 1. The molecule has 0 spiro atoms. The van der Waals surface area contributed by atoms with Gasteiger partial charge in [0.2, 0.25) is 5.95 Å². The molecule has 0 N–H and O–H groups in total. The first-order valence-corrected chi connectivity index (χ1v) is 8.66. The summed E-state index contributed by atoms with van der Waals surface area (Å²) in [7, 11) is 0. The van der Waals surface area contributed by atoms with Gasteiger partial charge in [-0.1, -0.05) is 42.5 Å². The topological polar surface area (TPSA) is 51.1 Å². The van der Waals surface area contributed by atoms with Crippen LogP contribution in [0.15, 0.2) is 54.6 Å². The van der Waals surface area contributed by atoms with Crippen molar-refractivity contribution in [2.24, 2.45) is 0 Å². The summed E-state index contributed by atoms with van der Waals surface area (Å²) in [5, 5.41) is 0. The summed E-state index contributed by atoms with van der Waals surface area (Å²) in [6.45, 7) is 2.69. The fourth-order valence-electron chi connectivity index (χ4n) is 2.93. The molecule has 3 aromatic rings. The Labute approximate surface area is 151 Å². The Morgan fingerprint density at radius 3 is 2.38 bits per heavy atom. The third kappa shape index (κ3) is 3.70. The van der Waals surface area contributed by atoms with Gasteiger partial charge in [-0.05, 0) is 17.7 Å². The number of benzene rings is 2. The van der Waals surface area contributed by atoms with Gasteiger partial charge in [0.1, 0.15) is 11.6 Å². The van der Waals surface area contributed by atoms with E-state index in [2.05, 4.69) is 19.9 Å². The average molecular weight is 350 g/mol. The highest BCUT2D eigenvalue weighted by molar-refractivity contribution is 5.57. The summed E-state index contributed by atoms with van der Waals surface area (Å²) in [5.74, 6) is 1.24. The molecule has 4 rings (SSSR count). The molecule has 5 nitrogen and oxygen atoms in total. The number of hydrogen-bond acceptors (Lipinski definition) is 5. The van der Waals surface area contributed by atoms with Gasteiger partial charge in [0.05, 0.1) is 18.8 Å². The maximum atomic E-state index is 14.3. The lowest BCUT2D eigenvalue weighted by atomic mass is 10.1. The van der Waals surface area contributed by atoms with E-state index in [-0.39, 0.29) is 5.82 Å². The number of halogens is 1. The second kappa shape index (κ2) is 7.58. The summed E-state index contributed by atoms with van der Waals surface area (Å²) in [5.41, 5.74) is 1.49. The third-order valence-corrected chi connectivity index (χ3v) is 4.28. The lowest BCUT2D eigenvalue weighted by molar-refractivity contribution is 0.122. The van der Waals surface area contributed by atoms with Crippen molar-refractivity contribution in [1.82, 2.24) is 15.0 Å². The van der Waals surface area contributed by atoms with Gasteiger partial charge in [-0.3, -0.25) is 0 Å². The summed E-state index contributed by atoms with van der Waals surface area (Å²) in [6, 6.07) is 16.6. The number of anilines is 1. The van der Waals surface area contributed by atoms with Crippen molar-refractivity contribution in [3.05, 3.63) is 71.8 Å². The van der Waals surface area contributed by atoms with E-state index in [1.807, 2.05) is 30.3 Å². The van der Waals surface area contributed by atoms with Crippen molar-refractivity contribution >= 4 is 5.95 Å². The van der Waals surface area contributed by atoms with Gasteiger partial charge < -0.3 is 9.64 Å². The third-order valence-electron chi connectivity index (χ3n) is 4.28. The number of ether oxygens (including phenoxy) is 1. The number of rotatable bonds is 4. The molecule has 1 aromatic heterocycles. The lowest BCUT2D eigenvalue weighted by Gasteiger charge is -2.27. The van der Waals surface area contributed by atoms with Crippen molar-refractivity contribution in [2.75, 3.05) is 31.2 Å². The van der Waals surface area contributed by atoms with Crippen LogP contribution in [0.5, 0.6) is 0 Å². The minimum atomic E-state index is -0.336. The van der Waals surface area contributed by atoms with Crippen molar-refractivity contribution in [1.29, 1.82) is 0 Å². The summed E-state index contributed by atoms with van der Waals surface area (Å²) in [6.07, 6.45) is 0.572. The highest BCUT2D eigenvalue weighted by atomic mass is 19.1. The second-order valence-electron chi connectivity index (χ2n) is 6.12. The van der Waals surface area contributed by atoms with E-state index >= 15 is 0 Å². The Balaban J connectivity index is 1.75. The molecule has 0 unspecified atom stereocenters. The minimum absolute atomic E-state index is 0.336. The SMILES string of the molecule is Fc1ccccc1-c1nc(Cc2ccccc2)nc(N2CCOCC2)n1. The molecule has 0 radical (unpaired) electrons. The molecule has 0 bridgehead atoms. The van der Waals surface area contributed by atoms with Crippen LogP contribution in [0.3, 0.4) is 0 Å². The van der Waals surface area contributed by atoms with Gasteiger partial charge in [0.15, 0.2) is 5.82 Å². The smallest absolute Gasteiger partial charge is 0.229 e. The molecule has 0 atom stereocenters. The second-order valence-corrected chi connectivity index (χ2v) is 6.12. The van der Waals surface area contributed by atoms with E-state index in [1.54, 1.807) is 18.2 Å². The molecule has 0 aliphatic carbocycles. The van der Waals surface area contributed by atoms with Gasteiger partial charge >= 0.3 is 0 Å². The maximum Gasteiger partial charge on any atom is 0.229 e. The van der Waals surface area contributed by atoms with Crippen molar-refractivity contribution in [3.8, 4) is 11.4 Å². The van der Waals surface area contributed by atoms with E-state index in [1.165, 1.54) is 6.07 Å². The van der Waals surface area contributed by atoms with E-state index in [0.29, 0.717) is 55.9 Å². The highest BCUT2D eigenvalue weighted by Gasteiger charge is 2.18. The fraction of sp³-hybridized carbons (Fsp3) is 0.250. The predicted octanol–water partition coefficient (Wildman–Crippen LogP) is 3.11. The van der Waals surface area contributed by atoms with Crippen molar-refractivity contribution in [2.45, 2.75) is 6.42 Å². The van der Waals surface area contributed by atoms with E-state index in [0.717, 1.165) is 5.56 Å². The average Bonchev–Trinajstić information content (AvgIpc) is 2.69. The molecule has 1 aliphatic rings. The number of hydrogen-bond donors (Lipinski definition) is 0. The summed E-state index contributed by atoms with van der Waals surface area (Å²) < 4.78 is 19.7. The predicted molar refractivity (Wildman–Crippen MR) is 97.5 cm³/mol. The first-order valence-electron chi connectivity index (χ1n) is 8.66. The molecule has 1 saturated heterocycles. The molecule has 0 amide bonds. The first-order chi connectivity index (χ1) is 12.8. The molecule has 2 heterocycles. The minimum Gasteiger partial charge on any atom is -0.378 e. The quantitative estimate of drug-likeness (QED) is 0.724. The normalized spacial score (nSPS) is 14.4. The van der Waals surface area contributed by atoms with Crippen LogP contribution in [0.25, 0.3) is 11.4 Å². The zero-order valence-electron chi connectivity index (χ0n) is 14.3. The molecule has 26 heavy (non-hydrogen) atoms. The molecular weight excluding hydrogens is 331 g/mol. The Hall–Kier alpha value is -2.86. The summed E-state index contributed by atoms with van der Waals surface area (Å²) >= 11 is 0. The molecule has 132 valence electrons. The molecule has 6 heteroatoms. The van der Waals surface area contributed by atoms with Crippen molar-refractivity contribution < 1.29 is 9.13 Å². The zero-order chi connectivity index (χ0) is 17.8. The first kappa shape index (κ1) is 16.6. The summed E-state index contributed by atoms with van der Waals surface area (Å²) in [4.78, 5) is 15.8. The highest BCUT2D eigenvalue weighted by Crippen LogP contribution is 2.22. The molecular formula is C20H19FN4O. The van der Waals surface area contributed by atoms with E-state index < -0.39 is 0 Å². The van der Waals surface area contributed by atoms with Crippen LogP contribution in [0.2, 0.25) is 0 Å². The Kier molecular flexibility index (Phi) is 4.84. The van der Waals surface area contributed by atoms with Crippen LogP contribution in [-0.4, -0.2) is 41.3 Å². The maximum absolute atomic E-state index is 14.3. The number of aromatic nitrogens is 3. The lowest BCUT2D eigenvalue weighted by Crippen LogP contribution is -2.37. The Bertz CT molecular complexity index is 882. The van der Waals surface area contributed by atoms with E-state index in [4.69, 9.17) is 4.74 Å². The van der Waals surface area contributed by atoms with Gasteiger partial charge in [-0.15, -0.1) is 0 Å². The fourth-order valence-corrected chi connectivity index (χ4v) is 2.93. The van der Waals surface area contributed by atoms with E-state index in [9.17, 15) is 4.39 Å². The monoisotopic (exact) mass is 350 g/mol. The van der Waals surface area contributed by atoms with Crippen LogP contribution in [0.4, 0.5) is 10.3 Å². The Morgan fingerprint density at radius 2 is 1.62 bits per heavy atom. The van der Waals surface area contributed by atoms with Crippen LogP contribution in [0, 0.1) is 5.82 Å².